The summed E-state index contributed by atoms with van der Waals surface area (Å²) in [4.78, 5) is 12.3. The van der Waals surface area contributed by atoms with Gasteiger partial charge in [-0.1, -0.05) is 6.07 Å². The molecule has 3 aromatic rings. The molecular weight excluding hydrogens is 295 g/mol. The molecular formula is C18H17FN2O2. The zero-order chi connectivity index (χ0) is 16.4. The van der Waals surface area contributed by atoms with Gasteiger partial charge >= 0.3 is 0 Å². The Balaban J connectivity index is 1.76. The Bertz CT molecular complexity index is 919. The Labute approximate surface area is 132 Å². The minimum absolute atomic E-state index is 0.223. The van der Waals surface area contributed by atoms with Crippen molar-refractivity contribution in [2.75, 3.05) is 12.3 Å². The number of hydrogen-bond donors (Lipinski definition) is 1. The van der Waals surface area contributed by atoms with Gasteiger partial charge in [-0.15, -0.1) is 0 Å². The Morgan fingerprint density at radius 2 is 2.00 bits per heavy atom. The fourth-order valence-electron chi connectivity index (χ4n) is 2.46. The molecule has 0 atom stereocenters. The number of benzene rings is 2. The summed E-state index contributed by atoms with van der Waals surface area (Å²) in [5.74, 6) is 0.317. The Morgan fingerprint density at radius 1 is 1.17 bits per heavy atom. The molecule has 0 radical (unpaired) electrons. The molecule has 2 N–H and O–H groups in total. The quantitative estimate of drug-likeness (QED) is 0.753. The Morgan fingerprint density at radius 3 is 2.78 bits per heavy atom. The lowest BCUT2D eigenvalue weighted by Crippen LogP contribution is -2.22. The largest absolute Gasteiger partial charge is 0.492 e. The van der Waals surface area contributed by atoms with Crippen molar-refractivity contribution in [1.29, 1.82) is 0 Å². The van der Waals surface area contributed by atoms with Gasteiger partial charge in [-0.05, 0) is 48.9 Å². The summed E-state index contributed by atoms with van der Waals surface area (Å²) in [6, 6.07) is 11.6. The first-order chi connectivity index (χ1) is 11.1. The summed E-state index contributed by atoms with van der Waals surface area (Å²) in [6.45, 7) is 2.63. The van der Waals surface area contributed by atoms with Crippen molar-refractivity contribution in [3.8, 4) is 5.75 Å². The van der Waals surface area contributed by atoms with E-state index in [2.05, 4.69) is 0 Å². The number of anilines is 1. The summed E-state index contributed by atoms with van der Waals surface area (Å²) < 4.78 is 20.8. The van der Waals surface area contributed by atoms with Gasteiger partial charge in [0, 0.05) is 17.3 Å². The number of pyridine rings is 1. The predicted octanol–water partition coefficient (Wildman–Crippen LogP) is 3.11. The lowest BCUT2D eigenvalue weighted by Gasteiger charge is -2.10. The molecule has 0 spiro atoms. The molecule has 0 bridgehead atoms. The fourth-order valence-corrected chi connectivity index (χ4v) is 2.46. The number of nitrogens with two attached hydrogens (primary N) is 1. The van der Waals surface area contributed by atoms with Crippen LogP contribution in [0.5, 0.6) is 5.75 Å². The van der Waals surface area contributed by atoms with E-state index in [4.69, 9.17) is 10.5 Å². The van der Waals surface area contributed by atoms with Crippen LogP contribution in [0.3, 0.4) is 0 Å². The number of aromatic nitrogens is 1. The van der Waals surface area contributed by atoms with Crippen molar-refractivity contribution in [2.45, 2.75) is 13.5 Å². The molecule has 23 heavy (non-hydrogen) atoms. The van der Waals surface area contributed by atoms with Gasteiger partial charge in [0.15, 0.2) is 0 Å². The van der Waals surface area contributed by atoms with Gasteiger partial charge in [-0.3, -0.25) is 4.79 Å². The zero-order valence-electron chi connectivity index (χ0n) is 12.8. The lowest BCUT2D eigenvalue weighted by atomic mass is 10.1. The van der Waals surface area contributed by atoms with Gasteiger partial charge in [0.25, 0.3) is 5.56 Å². The van der Waals surface area contributed by atoms with Gasteiger partial charge in [-0.2, -0.15) is 0 Å². The number of rotatable bonds is 4. The van der Waals surface area contributed by atoms with Crippen LogP contribution in [0.2, 0.25) is 0 Å². The van der Waals surface area contributed by atoms with Crippen LogP contribution in [0.25, 0.3) is 10.8 Å². The molecule has 0 aliphatic rings. The highest BCUT2D eigenvalue weighted by atomic mass is 19.1. The molecule has 118 valence electrons. The molecule has 4 nitrogen and oxygen atoms in total. The van der Waals surface area contributed by atoms with Gasteiger partial charge < -0.3 is 15.0 Å². The maximum Gasteiger partial charge on any atom is 0.258 e. The number of fused-ring (bicyclic) bond motifs is 1. The molecule has 0 unspecified atom stereocenters. The molecule has 0 aliphatic heterocycles. The van der Waals surface area contributed by atoms with Crippen LogP contribution in [0.1, 0.15) is 5.56 Å². The maximum absolute atomic E-state index is 13.7. The van der Waals surface area contributed by atoms with Crippen LogP contribution in [-0.4, -0.2) is 11.2 Å². The average molecular weight is 312 g/mol. The van der Waals surface area contributed by atoms with Gasteiger partial charge in [0.1, 0.15) is 18.2 Å². The van der Waals surface area contributed by atoms with Crippen molar-refractivity contribution in [3.63, 3.8) is 0 Å². The number of nitrogen functional groups attached to an aromatic ring is 1. The molecule has 3 rings (SSSR count). The second-order valence-corrected chi connectivity index (χ2v) is 5.38. The van der Waals surface area contributed by atoms with E-state index in [0.29, 0.717) is 35.4 Å². The number of nitrogens with zero attached hydrogens (tertiary/aromatic N) is 1. The first-order valence-corrected chi connectivity index (χ1v) is 7.33. The molecule has 1 aromatic heterocycles. The molecule has 0 saturated heterocycles. The van der Waals surface area contributed by atoms with E-state index in [1.165, 1.54) is 16.7 Å². The highest BCUT2D eigenvalue weighted by Gasteiger charge is 2.06. The molecule has 1 heterocycles. The van der Waals surface area contributed by atoms with E-state index in [1.54, 1.807) is 30.5 Å². The van der Waals surface area contributed by atoms with Crippen molar-refractivity contribution < 1.29 is 9.13 Å². The third-order valence-corrected chi connectivity index (χ3v) is 3.81. The smallest absolute Gasteiger partial charge is 0.258 e. The van der Waals surface area contributed by atoms with Crippen LogP contribution in [0.15, 0.2) is 53.5 Å². The van der Waals surface area contributed by atoms with Crippen LogP contribution in [0.4, 0.5) is 10.1 Å². The second kappa shape index (κ2) is 6.12. The normalized spacial score (nSPS) is 10.9. The summed E-state index contributed by atoms with van der Waals surface area (Å²) in [7, 11) is 0. The van der Waals surface area contributed by atoms with E-state index in [0.717, 1.165) is 5.56 Å². The summed E-state index contributed by atoms with van der Waals surface area (Å²) >= 11 is 0. The van der Waals surface area contributed by atoms with Crippen LogP contribution < -0.4 is 16.0 Å². The van der Waals surface area contributed by atoms with Crippen molar-refractivity contribution in [3.05, 3.63) is 70.4 Å². The van der Waals surface area contributed by atoms with Crippen molar-refractivity contribution >= 4 is 16.5 Å². The second-order valence-electron chi connectivity index (χ2n) is 5.38. The molecule has 0 aliphatic carbocycles. The SMILES string of the molecule is Cc1cc(OCCn2ccc3c(F)cccc3c2=O)ccc1N. The highest BCUT2D eigenvalue weighted by Crippen LogP contribution is 2.18. The number of halogens is 1. The van der Waals surface area contributed by atoms with Gasteiger partial charge in [0.2, 0.25) is 0 Å². The van der Waals surface area contributed by atoms with Crippen molar-refractivity contribution in [2.24, 2.45) is 0 Å². The van der Waals surface area contributed by atoms with E-state index in [-0.39, 0.29) is 11.4 Å². The molecule has 0 fully saturated rings. The first-order valence-electron chi connectivity index (χ1n) is 7.33. The average Bonchev–Trinajstić information content (AvgIpc) is 2.54. The Hall–Kier alpha value is -2.82. The van der Waals surface area contributed by atoms with Gasteiger partial charge in [-0.25, -0.2) is 4.39 Å². The Kier molecular flexibility index (Phi) is 4.02. The third kappa shape index (κ3) is 3.04. The summed E-state index contributed by atoms with van der Waals surface area (Å²) in [5, 5.41) is 0.708. The number of ether oxygens (including phenoxy) is 1. The summed E-state index contributed by atoms with van der Waals surface area (Å²) in [6.07, 6.45) is 1.59. The predicted molar refractivity (Wildman–Crippen MR) is 89.3 cm³/mol. The van der Waals surface area contributed by atoms with E-state index >= 15 is 0 Å². The van der Waals surface area contributed by atoms with Crippen LogP contribution in [-0.2, 0) is 6.54 Å². The van der Waals surface area contributed by atoms with E-state index < -0.39 is 0 Å². The standard InChI is InChI=1S/C18H17FN2O2/c1-12-11-13(5-6-17(12)20)23-10-9-21-8-7-14-15(18(21)22)3-2-4-16(14)19/h2-8,11H,9-10,20H2,1H3. The van der Waals surface area contributed by atoms with E-state index in [9.17, 15) is 9.18 Å². The van der Waals surface area contributed by atoms with Crippen LogP contribution >= 0.6 is 0 Å². The molecule has 2 aromatic carbocycles. The fraction of sp³-hybridized carbons (Fsp3) is 0.167. The highest BCUT2D eigenvalue weighted by molar-refractivity contribution is 5.81. The number of hydrogen-bond acceptors (Lipinski definition) is 3. The topological polar surface area (TPSA) is 57.2 Å². The maximum atomic E-state index is 13.7. The molecule has 0 amide bonds. The molecule has 5 heteroatoms. The van der Waals surface area contributed by atoms with Crippen LogP contribution in [0, 0.1) is 12.7 Å². The third-order valence-electron chi connectivity index (χ3n) is 3.81. The number of aryl methyl sites for hydroxylation is 1. The molecule has 0 saturated carbocycles. The van der Waals surface area contributed by atoms with E-state index in [1.807, 2.05) is 13.0 Å². The minimum Gasteiger partial charge on any atom is -0.492 e. The van der Waals surface area contributed by atoms with Gasteiger partial charge in [0.05, 0.1) is 11.9 Å². The monoisotopic (exact) mass is 312 g/mol. The summed E-state index contributed by atoms with van der Waals surface area (Å²) in [5.41, 5.74) is 7.20. The van der Waals surface area contributed by atoms with Crippen molar-refractivity contribution in [1.82, 2.24) is 4.57 Å². The zero-order valence-corrected chi connectivity index (χ0v) is 12.8. The lowest BCUT2D eigenvalue weighted by molar-refractivity contribution is 0.296. The minimum atomic E-state index is -0.389. The first kappa shape index (κ1) is 15.1.